The molecule has 2 rings (SSSR count). The minimum absolute atomic E-state index is 0.134. The Morgan fingerprint density at radius 2 is 1.41 bits per heavy atom. The Labute approximate surface area is 133 Å². The second-order valence-corrected chi connectivity index (χ2v) is 5.20. The first-order valence-corrected chi connectivity index (χ1v) is 7.32. The van der Waals surface area contributed by atoms with E-state index in [-0.39, 0.29) is 6.61 Å². The van der Waals surface area contributed by atoms with Gasteiger partial charge in [-0.05, 0) is 42.5 Å². The monoisotopic (exact) mass is 296 g/mol. The zero-order chi connectivity index (χ0) is 16.2. The van der Waals surface area contributed by atoms with Crippen LogP contribution in [0.25, 0.3) is 6.08 Å². The molecule has 0 aliphatic carbocycles. The van der Waals surface area contributed by atoms with E-state index >= 15 is 0 Å². The highest BCUT2D eigenvalue weighted by Gasteiger charge is 1.91. The van der Waals surface area contributed by atoms with E-state index in [0.717, 1.165) is 29.4 Å². The molecule has 0 amide bonds. The quantitative estimate of drug-likeness (QED) is 0.798. The molecule has 0 saturated carbocycles. The van der Waals surface area contributed by atoms with Crippen LogP contribution in [0.15, 0.2) is 78.1 Å². The first-order chi connectivity index (χ1) is 10.7. The number of hydrogen-bond acceptors (Lipinski definition) is 2. The Bertz CT molecular complexity index is 584. The summed E-state index contributed by atoms with van der Waals surface area (Å²) >= 11 is 0. The average Bonchev–Trinajstić information content (AvgIpc) is 2.57. The van der Waals surface area contributed by atoms with Crippen molar-refractivity contribution in [2.45, 2.75) is 20.3 Å². The van der Waals surface area contributed by atoms with Gasteiger partial charge in [-0.3, -0.25) is 0 Å². The maximum Gasteiger partial charge on any atom is 0.0784 e. The van der Waals surface area contributed by atoms with E-state index < -0.39 is 0 Å². The zero-order valence-electron chi connectivity index (χ0n) is 13.2. The van der Waals surface area contributed by atoms with Gasteiger partial charge in [0.05, 0.1) is 12.9 Å². The number of aliphatic hydroxyl groups is 2. The predicted molar refractivity (Wildman–Crippen MR) is 93.7 cm³/mol. The van der Waals surface area contributed by atoms with Crippen LogP contribution in [0.2, 0.25) is 0 Å². The van der Waals surface area contributed by atoms with Gasteiger partial charge in [-0.25, -0.2) is 0 Å². The molecule has 0 spiro atoms. The van der Waals surface area contributed by atoms with Crippen LogP contribution < -0.4 is 0 Å². The van der Waals surface area contributed by atoms with Gasteiger partial charge in [0, 0.05) is 0 Å². The summed E-state index contributed by atoms with van der Waals surface area (Å²) in [7, 11) is 0. The summed E-state index contributed by atoms with van der Waals surface area (Å²) < 4.78 is 0. The summed E-state index contributed by atoms with van der Waals surface area (Å²) in [6, 6.07) is 20.1. The molecular formula is C20H24O2. The molecule has 0 atom stereocenters. The van der Waals surface area contributed by atoms with Gasteiger partial charge in [0.2, 0.25) is 0 Å². The molecule has 22 heavy (non-hydrogen) atoms. The first-order valence-electron chi connectivity index (χ1n) is 7.32. The van der Waals surface area contributed by atoms with Crippen molar-refractivity contribution in [3.63, 3.8) is 0 Å². The van der Waals surface area contributed by atoms with E-state index in [4.69, 9.17) is 10.2 Å². The van der Waals surface area contributed by atoms with E-state index in [0.29, 0.717) is 0 Å². The fraction of sp³-hybridized carbons (Fsp3) is 0.200. The summed E-state index contributed by atoms with van der Waals surface area (Å²) in [6.45, 7) is 3.95. The van der Waals surface area contributed by atoms with Crippen molar-refractivity contribution in [2.75, 3.05) is 6.61 Å². The van der Waals surface area contributed by atoms with Gasteiger partial charge in [-0.1, -0.05) is 66.7 Å². The average molecular weight is 296 g/mol. The van der Waals surface area contributed by atoms with Crippen molar-refractivity contribution in [2.24, 2.45) is 0 Å². The minimum Gasteiger partial charge on any atom is -0.516 e. The summed E-state index contributed by atoms with van der Waals surface area (Å²) in [5, 5.41) is 17.4. The highest BCUT2D eigenvalue weighted by Crippen LogP contribution is 2.06. The number of allylic oxidation sites excluding steroid dienone is 1. The van der Waals surface area contributed by atoms with Crippen molar-refractivity contribution in [3.8, 4) is 0 Å². The van der Waals surface area contributed by atoms with Crippen LogP contribution in [0, 0.1) is 0 Å². The maximum absolute atomic E-state index is 8.73. The van der Waals surface area contributed by atoms with Crippen LogP contribution >= 0.6 is 0 Å². The van der Waals surface area contributed by atoms with Crippen LogP contribution in [0.4, 0.5) is 0 Å². The lowest BCUT2D eigenvalue weighted by Gasteiger charge is -1.98. The smallest absolute Gasteiger partial charge is 0.0784 e. The summed E-state index contributed by atoms with van der Waals surface area (Å²) in [6.07, 6.45) is 3.96. The Kier molecular flexibility index (Phi) is 8.39. The van der Waals surface area contributed by atoms with Gasteiger partial charge in [0.25, 0.3) is 0 Å². The highest BCUT2D eigenvalue weighted by molar-refractivity contribution is 5.51. The van der Waals surface area contributed by atoms with Crippen LogP contribution in [-0.2, 0) is 6.42 Å². The lowest BCUT2D eigenvalue weighted by atomic mass is 10.1. The molecule has 2 nitrogen and oxygen atoms in total. The third kappa shape index (κ3) is 7.46. The highest BCUT2D eigenvalue weighted by atomic mass is 16.3. The molecular weight excluding hydrogens is 272 g/mol. The van der Waals surface area contributed by atoms with Gasteiger partial charge < -0.3 is 10.2 Å². The molecule has 0 aliphatic rings. The molecule has 0 bridgehead atoms. The third-order valence-electron chi connectivity index (χ3n) is 3.01. The van der Waals surface area contributed by atoms with Gasteiger partial charge in [-0.2, -0.15) is 0 Å². The normalized spacial score (nSPS) is 11.6. The molecule has 0 fully saturated rings. The van der Waals surface area contributed by atoms with E-state index in [2.05, 4.69) is 0 Å². The van der Waals surface area contributed by atoms with Crippen LogP contribution in [0.1, 0.15) is 25.0 Å². The molecule has 2 aromatic rings. The molecule has 0 saturated heterocycles. The molecule has 116 valence electrons. The van der Waals surface area contributed by atoms with E-state index in [1.807, 2.05) is 80.6 Å². The zero-order valence-corrected chi connectivity index (χ0v) is 13.2. The molecule has 2 heteroatoms. The van der Waals surface area contributed by atoms with Gasteiger partial charge in [0.1, 0.15) is 0 Å². The summed E-state index contributed by atoms with van der Waals surface area (Å²) in [4.78, 5) is 0. The van der Waals surface area contributed by atoms with E-state index in [9.17, 15) is 0 Å². The van der Waals surface area contributed by atoms with Crippen LogP contribution in [0.3, 0.4) is 0 Å². The SMILES string of the molecule is CC(=CO)Cc1ccccc1.CC(=Cc1ccccc1)CO. The Morgan fingerprint density at radius 3 is 1.91 bits per heavy atom. The largest absolute Gasteiger partial charge is 0.516 e. The minimum atomic E-state index is 0.134. The molecule has 0 radical (unpaired) electrons. The lowest BCUT2D eigenvalue weighted by molar-refractivity contribution is 0.332. The van der Waals surface area contributed by atoms with Crippen molar-refractivity contribution >= 4 is 6.08 Å². The second-order valence-electron chi connectivity index (χ2n) is 5.20. The Hall–Kier alpha value is -2.32. The van der Waals surface area contributed by atoms with Crippen molar-refractivity contribution < 1.29 is 10.2 Å². The standard InChI is InChI=1S/2C10H12O/c2*1-9(8-11)7-10-5-3-2-4-6-10/h2-6,8,11H,7H2,1H3;2-7,11H,8H2,1H3. The van der Waals surface area contributed by atoms with Crippen molar-refractivity contribution in [3.05, 3.63) is 89.2 Å². The van der Waals surface area contributed by atoms with Gasteiger partial charge in [-0.15, -0.1) is 0 Å². The van der Waals surface area contributed by atoms with Crippen LogP contribution in [-0.4, -0.2) is 16.8 Å². The molecule has 0 unspecified atom stereocenters. The Balaban J connectivity index is 0.000000220. The summed E-state index contributed by atoms with van der Waals surface area (Å²) in [5.74, 6) is 0. The van der Waals surface area contributed by atoms with Crippen LogP contribution in [0.5, 0.6) is 0 Å². The van der Waals surface area contributed by atoms with Gasteiger partial charge >= 0.3 is 0 Å². The topological polar surface area (TPSA) is 40.5 Å². The summed E-state index contributed by atoms with van der Waals surface area (Å²) in [5.41, 5.74) is 4.33. The lowest BCUT2D eigenvalue weighted by Crippen LogP contribution is -1.85. The molecule has 2 N–H and O–H groups in total. The molecule has 0 heterocycles. The molecule has 0 aromatic heterocycles. The number of rotatable bonds is 4. The fourth-order valence-corrected chi connectivity index (χ4v) is 1.84. The molecule has 2 aromatic carbocycles. The van der Waals surface area contributed by atoms with Crippen molar-refractivity contribution in [1.82, 2.24) is 0 Å². The second kappa shape index (κ2) is 10.4. The number of aliphatic hydroxyl groups excluding tert-OH is 2. The fourth-order valence-electron chi connectivity index (χ4n) is 1.84. The predicted octanol–water partition coefficient (Wildman–Crippen LogP) is 4.77. The van der Waals surface area contributed by atoms with E-state index in [1.54, 1.807) is 0 Å². The first kappa shape index (κ1) is 17.7. The van der Waals surface area contributed by atoms with E-state index in [1.165, 1.54) is 5.56 Å². The maximum atomic E-state index is 8.73. The molecule has 0 aliphatic heterocycles. The number of benzene rings is 2. The van der Waals surface area contributed by atoms with Crippen molar-refractivity contribution in [1.29, 1.82) is 0 Å². The number of hydrogen-bond donors (Lipinski definition) is 2. The van der Waals surface area contributed by atoms with Gasteiger partial charge in [0.15, 0.2) is 0 Å². The third-order valence-corrected chi connectivity index (χ3v) is 3.01. The Morgan fingerprint density at radius 1 is 0.864 bits per heavy atom.